The Morgan fingerprint density at radius 2 is 2.00 bits per heavy atom. The minimum Gasteiger partial charge on any atom is -0.494 e. The van der Waals surface area contributed by atoms with E-state index in [0.717, 1.165) is 5.56 Å². The summed E-state index contributed by atoms with van der Waals surface area (Å²) < 4.78 is 5.11. The van der Waals surface area contributed by atoms with E-state index in [1.165, 1.54) is 13.3 Å². The molecular formula is C13H11N3O. The zero-order valence-corrected chi connectivity index (χ0v) is 9.34. The van der Waals surface area contributed by atoms with Crippen molar-refractivity contribution in [3.63, 3.8) is 0 Å². The second-order valence-electron chi connectivity index (χ2n) is 3.44. The van der Waals surface area contributed by atoms with Gasteiger partial charge in [0.15, 0.2) is 5.75 Å². The Labute approximate surface area is 99.3 Å². The SMILES string of the molecule is COc1cnc(N)c(-c2ccccc2)c1C#N. The molecule has 1 heterocycles. The molecule has 0 spiro atoms. The lowest BCUT2D eigenvalue weighted by Crippen LogP contribution is -2.00. The fraction of sp³-hybridized carbons (Fsp3) is 0.0769. The molecule has 0 bridgehead atoms. The van der Waals surface area contributed by atoms with Crippen LogP contribution >= 0.6 is 0 Å². The molecular weight excluding hydrogens is 214 g/mol. The number of rotatable bonds is 2. The predicted octanol–water partition coefficient (Wildman–Crippen LogP) is 2.21. The van der Waals surface area contributed by atoms with Gasteiger partial charge in [-0.05, 0) is 5.56 Å². The molecule has 2 aromatic rings. The Morgan fingerprint density at radius 1 is 1.29 bits per heavy atom. The minimum atomic E-state index is 0.327. The van der Waals surface area contributed by atoms with Crippen LogP contribution in [0.4, 0.5) is 5.82 Å². The van der Waals surface area contributed by atoms with E-state index >= 15 is 0 Å². The maximum absolute atomic E-state index is 9.20. The molecule has 0 saturated heterocycles. The number of methoxy groups -OCH3 is 1. The summed E-state index contributed by atoms with van der Waals surface area (Å²) in [6.45, 7) is 0. The number of anilines is 1. The molecule has 84 valence electrons. The molecule has 2 N–H and O–H groups in total. The normalized spacial score (nSPS) is 9.65. The van der Waals surface area contributed by atoms with E-state index in [4.69, 9.17) is 10.5 Å². The summed E-state index contributed by atoms with van der Waals surface area (Å²) in [5, 5.41) is 9.20. The molecule has 0 saturated carbocycles. The van der Waals surface area contributed by atoms with Crippen molar-refractivity contribution in [3.8, 4) is 22.9 Å². The molecule has 0 aliphatic heterocycles. The first-order chi connectivity index (χ1) is 8.27. The topological polar surface area (TPSA) is 71.9 Å². The van der Waals surface area contributed by atoms with Gasteiger partial charge in [0.05, 0.1) is 13.3 Å². The largest absolute Gasteiger partial charge is 0.494 e. The van der Waals surface area contributed by atoms with Gasteiger partial charge in [-0.15, -0.1) is 0 Å². The fourth-order valence-electron chi connectivity index (χ4n) is 1.67. The lowest BCUT2D eigenvalue weighted by molar-refractivity contribution is 0.412. The number of hydrogen-bond acceptors (Lipinski definition) is 4. The van der Waals surface area contributed by atoms with Crippen LogP contribution in [-0.4, -0.2) is 12.1 Å². The second kappa shape index (κ2) is 4.54. The number of hydrogen-bond donors (Lipinski definition) is 1. The smallest absolute Gasteiger partial charge is 0.155 e. The number of nitrogen functional groups attached to an aromatic ring is 1. The van der Waals surface area contributed by atoms with E-state index in [0.29, 0.717) is 22.7 Å². The average molecular weight is 225 g/mol. The highest BCUT2D eigenvalue weighted by atomic mass is 16.5. The summed E-state index contributed by atoms with van der Waals surface area (Å²) >= 11 is 0. The summed E-state index contributed by atoms with van der Waals surface area (Å²) in [4.78, 5) is 4.04. The van der Waals surface area contributed by atoms with Crippen molar-refractivity contribution in [3.05, 3.63) is 42.1 Å². The summed E-state index contributed by atoms with van der Waals surface area (Å²) in [6.07, 6.45) is 1.46. The van der Waals surface area contributed by atoms with E-state index in [9.17, 15) is 5.26 Å². The van der Waals surface area contributed by atoms with Crippen LogP contribution in [0.25, 0.3) is 11.1 Å². The molecule has 4 nitrogen and oxygen atoms in total. The Kier molecular flexibility index (Phi) is 2.93. The van der Waals surface area contributed by atoms with E-state index in [2.05, 4.69) is 11.1 Å². The van der Waals surface area contributed by atoms with Gasteiger partial charge >= 0.3 is 0 Å². The molecule has 17 heavy (non-hydrogen) atoms. The number of ether oxygens (including phenoxy) is 1. The maximum atomic E-state index is 9.20. The molecule has 0 radical (unpaired) electrons. The zero-order chi connectivity index (χ0) is 12.3. The molecule has 0 unspecified atom stereocenters. The number of benzene rings is 1. The zero-order valence-electron chi connectivity index (χ0n) is 9.34. The van der Waals surface area contributed by atoms with Crippen molar-refractivity contribution < 1.29 is 4.74 Å². The Bertz CT molecular complexity index is 573. The number of pyridine rings is 1. The molecule has 4 heteroatoms. The number of nitrogens with zero attached hydrogens (tertiary/aromatic N) is 2. The Balaban J connectivity index is 2.73. The third-order valence-corrected chi connectivity index (χ3v) is 2.47. The van der Waals surface area contributed by atoms with Gasteiger partial charge < -0.3 is 10.5 Å². The van der Waals surface area contributed by atoms with Crippen LogP contribution in [0.15, 0.2) is 36.5 Å². The minimum absolute atomic E-state index is 0.327. The van der Waals surface area contributed by atoms with Crippen LogP contribution in [0.3, 0.4) is 0 Å². The monoisotopic (exact) mass is 225 g/mol. The predicted molar refractivity (Wildman–Crippen MR) is 65.4 cm³/mol. The molecule has 0 atom stereocenters. The third-order valence-electron chi connectivity index (χ3n) is 2.47. The lowest BCUT2D eigenvalue weighted by atomic mass is 10.0. The van der Waals surface area contributed by atoms with Gasteiger partial charge in [0.25, 0.3) is 0 Å². The van der Waals surface area contributed by atoms with Crippen molar-refractivity contribution in [1.29, 1.82) is 5.26 Å². The molecule has 0 aliphatic rings. The van der Waals surface area contributed by atoms with E-state index in [1.54, 1.807) is 0 Å². The van der Waals surface area contributed by atoms with Crippen LogP contribution in [0, 0.1) is 11.3 Å². The summed E-state index contributed by atoms with van der Waals surface area (Å²) in [5.41, 5.74) is 7.72. The van der Waals surface area contributed by atoms with E-state index in [1.807, 2.05) is 30.3 Å². The number of nitrogens with two attached hydrogens (primary N) is 1. The number of nitriles is 1. The summed E-state index contributed by atoms with van der Waals surface area (Å²) in [5.74, 6) is 0.758. The second-order valence-corrected chi connectivity index (χ2v) is 3.44. The summed E-state index contributed by atoms with van der Waals surface area (Å²) in [6, 6.07) is 11.5. The van der Waals surface area contributed by atoms with Crippen LogP contribution < -0.4 is 10.5 Å². The van der Waals surface area contributed by atoms with Gasteiger partial charge in [0.1, 0.15) is 17.5 Å². The molecule has 0 aliphatic carbocycles. The highest BCUT2D eigenvalue weighted by Crippen LogP contribution is 2.33. The standard InChI is InChI=1S/C13H11N3O/c1-17-11-8-16-13(15)12(10(11)7-14)9-5-3-2-4-6-9/h2-6,8H,1H3,(H2,15,16). The van der Waals surface area contributed by atoms with E-state index in [-0.39, 0.29) is 0 Å². The van der Waals surface area contributed by atoms with Crippen LogP contribution in [-0.2, 0) is 0 Å². The van der Waals surface area contributed by atoms with E-state index < -0.39 is 0 Å². The summed E-state index contributed by atoms with van der Waals surface area (Å²) in [7, 11) is 1.50. The van der Waals surface area contributed by atoms with Crippen LogP contribution in [0.1, 0.15) is 5.56 Å². The van der Waals surface area contributed by atoms with Crippen molar-refractivity contribution in [2.45, 2.75) is 0 Å². The first kappa shape index (κ1) is 11.0. The highest BCUT2D eigenvalue weighted by molar-refractivity contribution is 5.81. The van der Waals surface area contributed by atoms with Crippen molar-refractivity contribution in [1.82, 2.24) is 4.98 Å². The van der Waals surface area contributed by atoms with Gasteiger partial charge in [-0.1, -0.05) is 30.3 Å². The molecule has 1 aromatic carbocycles. The van der Waals surface area contributed by atoms with Crippen LogP contribution in [0.5, 0.6) is 5.75 Å². The van der Waals surface area contributed by atoms with Crippen molar-refractivity contribution in [2.75, 3.05) is 12.8 Å². The maximum Gasteiger partial charge on any atom is 0.155 e. The molecule has 1 aromatic heterocycles. The molecule has 0 amide bonds. The van der Waals surface area contributed by atoms with Crippen LogP contribution in [0.2, 0.25) is 0 Å². The highest BCUT2D eigenvalue weighted by Gasteiger charge is 2.14. The molecule has 0 fully saturated rings. The van der Waals surface area contributed by atoms with Gasteiger partial charge in [-0.2, -0.15) is 5.26 Å². The Morgan fingerprint density at radius 3 is 2.59 bits per heavy atom. The Hall–Kier alpha value is -2.54. The lowest BCUT2D eigenvalue weighted by Gasteiger charge is -2.10. The van der Waals surface area contributed by atoms with Crippen molar-refractivity contribution >= 4 is 5.82 Å². The quantitative estimate of drug-likeness (QED) is 0.850. The van der Waals surface area contributed by atoms with Gasteiger partial charge in [-0.3, -0.25) is 0 Å². The van der Waals surface area contributed by atoms with Gasteiger partial charge in [0.2, 0.25) is 0 Å². The van der Waals surface area contributed by atoms with Gasteiger partial charge in [-0.25, -0.2) is 4.98 Å². The fourth-order valence-corrected chi connectivity index (χ4v) is 1.67. The number of aromatic nitrogens is 1. The first-order valence-electron chi connectivity index (χ1n) is 5.06. The molecule has 2 rings (SSSR count). The third kappa shape index (κ3) is 1.91. The average Bonchev–Trinajstić information content (AvgIpc) is 2.39. The first-order valence-corrected chi connectivity index (χ1v) is 5.06. The van der Waals surface area contributed by atoms with Gasteiger partial charge in [0, 0.05) is 5.56 Å². The van der Waals surface area contributed by atoms with Crippen molar-refractivity contribution in [2.24, 2.45) is 0 Å².